The molecule has 2 heterocycles. The summed E-state index contributed by atoms with van der Waals surface area (Å²) in [6, 6.07) is 5.11. The van der Waals surface area contributed by atoms with Gasteiger partial charge in [0.05, 0.1) is 4.92 Å². The fraction of sp³-hybridized carbons (Fsp3) is 0.267. The highest BCUT2D eigenvalue weighted by Crippen LogP contribution is 2.28. The molecular weight excluding hydrogens is 312 g/mol. The van der Waals surface area contributed by atoms with Crippen molar-refractivity contribution in [2.24, 2.45) is 0 Å². The van der Waals surface area contributed by atoms with Gasteiger partial charge in [0.1, 0.15) is 18.4 Å². The van der Waals surface area contributed by atoms with Crippen LogP contribution in [0.15, 0.2) is 35.1 Å². The van der Waals surface area contributed by atoms with Gasteiger partial charge in [-0.3, -0.25) is 14.8 Å². The quantitative estimate of drug-likeness (QED) is 0.433. The van der Waals surface area contributed by atoms with Crippen molar-refractivity contribution in [2.75, 3.05) is 5.73 Å². The number of nitro groups is 1. The highest BCUT2D eigenvalue weighted by molar-refractivity contribution is 5.67. The summed E-state index contributed by atoms with van der Waals surface area (Å²) in [6.07, 6.45) is 3.14. The van der Waals surface area contributed by atoms with Crippen molar-refractivity contribution < 1.29 is 9.45 Å². The van der Waals surface area contributed by atoms with Crippen LogP contribution in [0, 0.1) is 17.0 Å². The molecule has 1 unspecified atom stereocenters. The minimum atomic E-state index is -0.494. The zero-order chi connectivity index (χ0) is 17.3. The van der Waals surface area contributed by atoms with Crippen LogP contribution in [0.5, 0.6) is 0 Å². The fourth-order valence-electron chi connectivity index (χ4n) is 2.44. The standard InChI is InChI=1S/C15H16N6O3/c1-3-13(20-8-10(7-17-20)21(22)23)15-18-14(19-24-15)11-5-4-6-12(16)9(11)2/h4-8,13H,3,16H2,1-2H3. The lowest BCUT2D eigenvalue weighted by Crippen LogP contribution is -2.10. The maximum atomic E-state index is 10.8. The van der Waals surface area contributed by atoms with E-state index in [0.29, 0.717) is 23.8 Å². The number of nitrogens with two attached hydrogens (primary N) is 1. The van der Waals surface area contributed by atoms with Gasteiger partial charge in [0.15, 0.2) is 0 Å². The van der Waals surface area contributed by atoms with Crippen LogP contribution >= 0.6 is 0 Å². The van der Waals surface area contributed by atoms with Crippen LogP contribution < -0.4 is 5.73 Å². The van der Waals surface area contributed by atoms with E-state index in [1.165, 1.54) is 17.1 Å². The van der Waals surface area contributed by atoms with Gasteiger partial charge in [0.2, 0.25) is 5.82 Å². The van der Waals surface area contributed by atoms with Crippen LogP contribution in [-0.4, -0.2) is 24.8 Å². The van der Waals surface area contributed by atoms with Crippen LogP contribution in [0.1, 0.15) is 30.8 Å². The van der Waals surface area contributed by atoms with E-state index in [-0.39, 0.29) is 11.7 Å². The Morgan fingerprint density at radius 2 is 2.25 bits per heavy atom. The van der Waals surface area contributed by atoms with Gasteiger partial charge in [-0.15, -0.1) is 0 Å². The van der Waals surface area contributed by atoms with Crippen molar-refractivity contribution in [2.45, 2.75) is 26.3 Å². The number of nitrogen functional groups attached to an aromatic ring is 1. The van der Waals surface area contributed by atoms with E-state index in [4.69, 9.17) is 10.3 Å². The van der Waals surface area contributed by atoms with E-state index in [9.17, 15) is 10.1 Å². The normalized spacial score (nSPS) is 12.2. The molecule has 0 spiro atoms. The third-order valence-electron chi connectivity index (χ3n) is 3.85. The van der Waals surface area contributed by atoms with Crippen molar-refractivity contribution in [3.8, 4) is 11.4 Å². The van der Waals surface area contributed by atoms with Gasteiger partial charge in [-0.1, -0.05) is 24.2 Å². The second-order valence-electron chi connectivity index (χ2n) is 5.34. The number of anilines is 1. The molecule has 0 aliphatic rings. The number of benzene rings is 1. The van der Waals surface area contributed by atoms with E-state index >= 15 is 0 Å². The maximum Gasteiger partial charge on any atom is 0.307 e. The molecule has 2 N–H and O–H groups in total. The minimum absolute atomic E-state index is 0.0835. The summed E-state index contributed by atoms with van der Waals surface area (Å²) >= 11 is 0. The summed E-state index contributed by atoms with van der Waals surface area (Å²) in [5, 5.41) is 18.8. The third-order valence-corrected chi connectivity index (χ3v) is 3.85. The van der Waals surface area contributed by atoms with Crippen LogP contribution in [-0.2, 0) is 0 Å². The molecule has 0 aliphatic heterocycles. The fourth-order valence-corrected chi connectivity index (χ4v) is 2.44. The van der Waals surface area contributed by atoms with Crippen molar-refractivity contribution >= 4 is 11.4 Å². The molecule has 1 atom stereocenters. The largest absolute Gasteiger partial charge is 0.398 e. The van der Waals surface area contributed by atoms with Gasteiger partial charge in [-0.25, -0.2) is 0 Å². The molecule has 9 heteroatoms. The monoisotopic (exact) mass is 328 g/mol. The summed E-state index contributed by atoms with van der Waals surface area (Å²) in [5.74, 6) is 0.766. The average molecular weight is 328 g/mol. The summed E-state index contributed by atoms with van der Waals surface area (Å²) in [7, 11) is 0. The molecule has 3 rings (SSSR count). The zero-order valence-corrected chi connectivity index (χ0v) is 13.2. The van der Waals surface area contributed by atoms with Gasteiger partial charge in [-0.2, -0.15) is 10.1 Å². The molecule has 0 saturated carbocycles. The summed E-state index contributed by atoms with van der Waals surface area (Å²) in [4.78, 5) is 14.7. The Morgan fingerprint density at radius 3 is 2.92 bits per heavy atom. The molecule has 0 amide bonds. The number of rotatable bonds is 5. The summed E-state index contributed by atoms with van der Waals surface area (Å²) < 4.78 is 6.82. The predicted molar refractivity (Wildman–Crippen MR) is 86.2 cm³/mol. The van der Waals surface area contributed by atoms with Crippen LogP contribution in [0.25, 0.3) is 11.4 Å². The molecular formula is C15H16N6O3. The molecule has 0 aliphatic carbocycles. The van der Waals surface area contributed by atoms with E-state index in [0.717, 1.165) is 11.1 Å². The molecule has 0 fully saturated rings. The average Bonchev–Trinajstić information content (AvgIpc) is 3.21. The summed E-state index contributed by atoms with van der Waals surface area (Å²) in [6.45, 7) is 3.79. The Balaban J connectivity index is 1.95. The zero-order valence-electron chi connectivity index (χ0n) is 13.2. The molecule has 1 aromatic carbocycles. The molecule has 0 bridgehead atoms. The van der Waals surface area contributed by atoms with E-state index < -0.39 is 4.92 Å². The highest BCUT2D eigenvalue weighted by Gasteiger charge is 2.23. The first kappa shape index (κ1) is 15.7. The Kier molecular flexibility index (Phi) is 3.98. The first-order chi connectivity index (χ1) is 11.5. The lowest BCUT2D eigenvalue weighted by molar-refractivity contribution is -0.385. The van der Waals surface area contributed by atoms with E-state index in [2.05, 4.69) is 15.2 Å². The maximum absolute atomic E-state index is 10.8. The van der Waals surface area contributed by atoms with Crippen LogP contribution in [0.2, 0.25) is 0 Å². The van der Waals surface area contributed by atoms with Crippen molar-refractivity contribution in [3.05, 3.63) is 52.2 Å². The SMILES string of the molecule is CCC(c1nc(-c2cccc(N)c2C)no1)n1cc([N+](=O)[O-])cn1. The second-order valence-corrected chi connectivity index (χ2v) is 5.34. The number of aromatic nitrogens is 4. The van der Waals surface area contributed by atoms with Gasteiger partial charge < -0.3 is 10.3 Å². The molecule has 3 aromatic rings. The Morgan fingerprint density at radius 1 is 1.46 bits per heavy atom. The number of hydrogen-bond donors (Lipinski definition) is 1. The van der Waals surface area contributed by atoms with Crippen molar-refractivity contribution in [1.82, 2.24) is 19.9 Å². The molecule has 24 heavy (non-hydrogen) atoms. The smallest absolute Gasteiger partial charge is 0.307 e. The Bertz CT molecular complexity index is 885. The van der Waals surface area contributed by atoms with Crippen LogP contribution in [0.4, 0.5) is 11.4 Å². The number of hydrogen-bond acceptors (Lipinski definition) is 7. The van der Waals surface area contributed by atoms with Crippen molar-refractivity contribution in [1.29, 1.82) is 0 Å². The molecule has 2 aromatic heterocycles. The third kappa shape index (κ3) is 2.71. The van der Waals surface area contributed by atoms with Gasteiger partial charge in [0.25, 0.3) is 5.89 Å². The van der Waals surface area contributed by atoms with Gasteiger partial charge >= 0.3 is 5.69 Å². The lowest BCUT2D eigenvalue weighted by Gasteiger charge is -2.09. The second kappa shape index (κ2) is 6.11. The van der Waals surface area contributed by atoms with Gasteiger partial charge in [-0.05, 0) is 25.0 Å². The molecule has 0 saturated heterocycles. The minimum Gasteiger partial charge on any atom is -0.398 e. The first-order valence-corrected chi connectivity index (χ1v) is 7.38. The van der Waals surface area contributed by atoms with Crippen molar-refractivity contribution in [3.63, 3.8) is 0 Å². The lowest BCUT2D eigenvalue weighted by atomic mass is 10.1. The number of nitrogens with zero attached hydrogens (tertiary/aromatic N) is 5. The van der Waals surface area contributed by atoms with E-state index in [1.54, 1.807) is 6.07 Å². The van der Waals surface area contributed by atoms with Crippen LogP contribution in [0.3, 0.4) is 0 Å². The topological polar surface area (TPSA) is 126 Å². The predicted octanol–water partition coefficient (Wildman–Crippen LogP) is 2.73. The van der Waals surface area contributed by atoms with Gasteiger partial charge in [0, 0.05) is 11.3 Å². The first-order valence-electron chi connectivity index (χ1n) is 7.38. The summed E-state index contributed by atoms with van der Waals surface area (Å²) in [5.41, 5.74) is 8.12. The Hall–Kier alpha value is -3.23. The molecule has 9 nitrogen and oxygen atoms in total. The van der Waals surface area contributed by atoms with E-state index in [1.807, 2.05) is 26.0 Å². The molecule has 124 valence electrons. The Labute approximate surface area is 137 Å². The molecule has 0 radical (unpaired) electrons. The highest BCUT2D eigenvalue weighted by atomic mass is 16.6.